The quantitative estimate of drug-likeness (QED) is 0.814. The molecule has 0 radical (unpaired) electrons. The monoisotopic (exact) mass is 221 g/mol. The Hall–Kier alpha value is -0.530. The second-order valence-electron chi connectivity index (χ2n) is 5.03. The third-order valence-corrected chi connectivity index (χ3v) is 4.40. The van der Waals surface area contributed by atoms with Crippen molar-refractivity contribution < 1.29 is 0 Å². The number of hydrogen-bond donors (Lipinski definition) is 1. The fourth-order valence-electron chi connectivity index (χ4n) is 3.05. The van der Waals surface area contributed by atoms with Gasteiger partial charge in [0.25, 0.3) is 0 Å². The van der Waals surface area contributed by atoms with E-state index in [1.165, 1.54) is 19.3 Å². The summed E-state index contributed by atoms with van der Waals surface area (Å²) in [5, 5.41) is 0.825. The van der Waals surface area contributed by atoms with E-state index in [4.69, 9.17) is 17.3 Å². The Labute approximate surface area is 95.6 Å². The highest BCUT2D eigenvalue weighted by Gasteiger charge is 2.47. The molecule has 3 unspecified atom stereocenters. The maximum atomic E-state index is 6.30. The van der Waals surface area contributed by atoms with Gasteiger partial charge in [-0.05, 0) is 48.6 Å². The minimum atomic E-state index is 0.145. The van der Waals surface area contributed by atoms with Crippen LogP contribution in [0.2, 0.25) is 5.02 Å². The molecule has 15 heavy (non-hydrogen) atoms. The van der Waals surface area contributed by atoms with E-state index < -0.39 is 0 Å². The molecule has 1 nitrogen and oxygen atoms in total. The lowest BCUT2D eigenvalue weighted by Crippen LogP contribution is -2.20. The van der Waals surface area contributed by atoms with E-state index in [1.807, 2.05) is 18.2 Å². The Balaban J connectivity index is 1.79. The second kappa shape index (κ2) is 3.50. The van der Waals surface area contributed by atoms with Crippen LogP contribution in [0.15, 0.2) is 24.3 Å². The third-order valence-electron chi connectivity index (χ3n) is 4.05. The van der Waals surface area contributed by atoms with Crippen molar-refractivity contribution in [2.75, 3.05) is 0 Å². The van der Waals surface area contributed by atoms with E-state index in [1.54, 1.807) is 0 Å². The van der Waals surface area contributed by atoms with E-state index >= 15 is 0 Å². The van der Waals surface area contributed by atoms with Gasteiger partial charge in [0.1, 0.15) is 0 Å². The molecule has 3 rings (SSSR count). The van der Waals surface area contributed by atoms with Gasteiger partial charge in [-0.3, -0.25) is 0 Å². The van der Waals surface area contributed by atoms with Crippen molar-refractivity contribution in [3.05, 3.63) is 34.9 Å². The summed E-state index contributed by atoms with van der Waals surface area (Å²) in [6.07, 6.45) is 4.08. The summed E-state index contributed by atoms with van der Waals surface area (Å²) in [5.41, 5.74) is 7.43. The predicted octanol–water partition coefficient (Wildman–Crippen LogP) is 3.39. The molecule has 0 aromatic heterocycles. The molecular formula is C13H16ClN. The van der Waals surface area contributed by atoms with Crippen LogP contribution >= 0.6 is 11.6 Å². The Morgan fingerprint density at radius 3 is 2.47 bits per heavy atom. The van der Waals surface area contributed by atoms with Gasteiger partial charge in [0.2, 0.25) is 0 Å². The molecular weight excluding hydrogens is 206 g/mol. The molecule has 2 fully saturated rings. The lowest BCUT2D eigenvalue weighted by molar-refractivity contribution is 0.404. The summed E-state index contributed by atoms with van der Waals surface area (Å²) in [4.78, 5) is 0. The molecule has 0 saturated heterocycles. The number of benzene rings is 1. The van der Waals surface area contributed by atoms with Crippen molar-refractivity contribution in [2.24, 2.45) is 23.5 Å². The van der Waals surface area contributed by atoms with Crippen molar-refractivity contribution in [3.8, 4) is 0 Å². The van der Waals surface area contributed by atoms with Gasteiger partial charge in [0.05, 0.1) is 0 Å². The Morgan fingerprint density at radius 2 is 1.80 bits per heavy atom. The van der Waals surface area contributed by atoms with Gasteiger partial charge in [0.15, 0.2) is 0 Å². The smallest absolute Gasteiger partial charge is 0.0453 e. The lowest BCUT2D eigenvalue weighted by Gasteiger charge is -2.21. The first-order chi connectivity index (χ1) is 7.25. The van der Waals surface area contributed by atoms with Gasteiger partial charge in [-0.15, -0.1) is 0 Å². The minimum Gasteiger partial charge on any atom is -0.324 e. The number of fused-ring (bicyclic) bond motifs is 1. The summed E-state index contributed by atoms with van der Waals surface area (Å²) in [5.74, 6) is 2.64. The van der Waals surface area contributed by atoms with Gasteiger partial charge in [-0.25, -0.2) is 0 Å². The zero-order valence-electron chi connectivity index (χ0n) is 8.70. The average molecular weight is 222 g/mol. The van der Waals surface area contributed by atoms with Gasteiger partial charge < -0.3 is 5.73 Å². The first kappa shape index (κ1) is 9.68. The maximum absolute atomic E-state index is 6.30. The average Bonchev–Trinajstić information content (AvgIpc) is 2.86. The molecule has 2 N–H and O–H groups in total. The number of nitrogens with two attached hydrogens (primary N) is 1. The van der Waals surface area contributed by atoms with Gasteiger partial charge >= 0.3 is 0 Å². The predicted molar refractivity (Wildman–Crippen MR) is 62.7 cm³/mol. The zero-order valence-corrected chi connectivity index (χ0v) is 9.45. The van der Waals surface area contributed by atoms with Crippen LogP contribution in [0.3, 0.4) is 0 Å². The molecule has 0 spiro atoms. The van der Waals surface area contributed by atoms with E-state index in [2.05, 4.69) is 6.07 Å². The standard InChI is InChI=1S/C13H16ClN/c14-12-4-2-1-3-11(12)13(15)10-6-8-5-9(8)7-10/h1-4,8-10,13H,5-7,15H2. The van der Waals surface area contributed by atoms with E-state index in [9.17, 15) is 0 Å². The molecule has 0 bridgehead atoms. The molecule has 2 heteroatoms. The maximum Gasteiger partial charge on any atom is 0.0453 e. The Kier molecular flexibility index (Phi) is 2.26. The van der Waals surface area contributed by atoms with Crippen molar-refractivity contribution in [1.82, 2.24) is 0 Å². The summed E-state index contributed by atoms with van der Waals surface area (Å²) >= 11 is 6.17. The highest BCUT2D eigenvalue weighted by atomic mass is 35.5. The molecule has 80 valence electrons. The highest BCUT2D eigenvalue weighted by Crippen LogP contribution is 2.56. The molecule has 0 amide bonds. The largest absolute Gasteiger partial charge is 0.324 e. The van der Waals surface area contributed by atoms with E-state index in [0.29, 0.717) is 5.92 Å². The molecule has 1 aromatic carbocycles. The van der Waals surface area contributed by atoms with Crippen LogP contribution in [-0.2, 0) is 0 Å². The van der Waals surface area contributed by atoms with Crippen LogP contribution in [0.1, 0.15) is 30.9 Å². The fourth-order valence-corrected chi connectivity index (χ4v) is 3.32. The molecule has 0 heterocycles. The molecule has 2 aliphatic carbocycles. The van der Waals surface area contributed by atoms with Crippen LogP contribution in [0.5, 0.6) is 0 Å². The zero-order chi connectivity index (χ0) is 10.4. The summed E-state index contributed by atoms with van der Waals surface area (Å²) in [7, 11) is 0. The lowest BCUT2D eigenvalue weighted by atomic mass is 9.90. The van der Waals surface area contributed by atoms with Crippen molar-refractivity contribution in [3.63, 3.8) is 0 Å². The molecule has 2 saturated carbocycles. The van der Waals surface area contributed by atoms with Gasteiger partial charge in [-0.1, -0.05) is 29.8 Å². The topological polar surface area (TPSA) is 26.0 Å². The third kappa shape index (κ3) is 1.68. The van der Waals surface area contributed by atoms with Crippen LogP contribution in [0, 0.1) is 17.8 Å². The highest BCUT2D eigenvalue weighted by molar-refractivity contribution is 6.31. The van der Waals surface area contributed by atoms with Crippen LogP contribution in [0.25, 0.3) is 0 Å². The molecule has 2 aliphatic rings. The minimum absolute atomic E-state index is 0.145. The number of rotatable bonds is 2. The number of hydrogen-bond acceptors (Lipinski definition) is 1. The summed E-state index contributed by atoms with van der Waals surface area (Å²) in [6, 6.07) is 8.14. The fraction of sp³-hybridized carbons (Fsp3) is 0.538. The molecule has 3 atom stereocenters. The van der Waals surface area contributed by atoms with Crippen molar-refractivity contribution in [2.45, 2.75) is 25.3 Å². The summed E-state index contributed by atoms with van der Waals surface area (Å²) in [6.45, 7) is 0. The van der Waals surface area contributed by atoms with Gasteiger partial charge in [0, 0.05) is 11.1 Å². The molecule has 0 aliphatic heterocycles. The van der Waals surface area contributed by atoms with Crippen LogP contribution in [-0.4, -0.2) is 0 Å². The van der Waals surface area contributed by atoms with Crippen LogP contribution in [0.4, 0.5) is 0 Å². The normalized spacial score (nSPS) is 34.9. The Morgan fingerprint density at radius 1 is 1.13 bits per heavy atom. The van der Waals surface area contributed by atoms with E-state index in [0.717, 1.165) is 22.4 Å². The van der Waals surface area contributed by atoms with E-state index in [-0.39, 0.29) is 6.04 Å². The first-order valence-electron chi connectivity index (χ1n) is 5.75. The SMILES string of the molecule is NC(c1ccccc1Cl)C1CC2CC2C1. The van der Waals surface area contributed by atoms with Crippen LogP contribution < -0.4 is 5.73 Å². The molecule has 1 aromatic rings. The van der Waals surface area contributed by atoms with Gasteiger partial charge in [-0.2, -0.15) is 0 Å². The van der Waals surface area contributed by atoms with Crippen molar-refractivity contribution in [1.29, 1.82) is 0 Å². The summed E-state index contributed by atoms with van der Waals surface area (Å²) < 4.78 is 0. The Bertz CT molecular complexity index is 367. The first-order valence-corrected chi connectivity index (χ1v) is 6.13. The number of halogens is 1. The van der Waals surface area contributed by atoms with Crippen molar-refractivity contribution >= 4 is 11.6 Å². The second-order valence-corrected chi connectivity index (χ2v) is 5.44.